The second-order valence-electron chi connectivity index (χ2n) is 6.26. The summed E-state index contributed by atoms with van der Waals surface area (Å²) < 4.78 is 13.1. The Morgan fingerprint density at radius 1 is 1.12 bits per heavy atom. The van der Waals surface area contributed by atoms with Gasteiger partial charge < -0.3 is 10.6 Å². The molecule has 2 rings (SSSR count). The summed E-state index contributed by atoms with van der Waals surface area (Å²) in [5, 5.41) is 6.78. The van der Waals surface area contributed by atoms with Crippen LogP contribution >= 0.6 is 23.2 Å². The van der Waals surface area contributed by atoms with Crippen LogP contribution in [0.4, 0.5) is 10.1 Å². The normalized spacial score (nSPS) is 12.3. The van der Waals surface area contributed by atoms with Crippen molar-refractivity contribution in [1.29, 1.82) is 0 Å². The molecule has 0 bridgehead atoms. The Labute approximate surface area is 157 Å². The molecule has 0 spiro atoms. The lowest BCUT2D eigenvalue weighted by atomic mass is 9.96. The van der Waals surface area contributed by atoms with E-state index in [-0.39, 0.29) is 30.2 Å². The summed E-state index contributed by atoms with van der Waals surface area (Å²) >= 11 is 12.3. The average Bonchev–Trinajstić information content (AvgIpc) is 2.56. The molecule has 3 nitrogen and oxygen atoms in total. The molecular formula is C19H21Cl2FN2O. The number of amides is 1. The maximum absolute atomic E-state index is 13.1. The van der Waals surface area contributed by atoms with Gasteiger partial charge in [-0.2, -0.15) is 0 Å². The van der Waals surface area contributed by atoms with Gasteiger partial charge in [-0.15, -0.1) is 0 Å². The summed E-state index contributed by atoms with van der Waals surface area (Å²) in [6, 6.07) is 9.69. The Morgan fingerprint density at radius 3 is 2.36 bits per heavy atom. The van der Waals surface area contributed by atoms with Crippen molar-refractivity contribution in [3.8, 4) is 0 Å². The molecule has 1 atom stereocenters. The van der Waals surface area contributed by atoms with Gasteiger partial charge in [0.2, 0.25) is 5.91 Å². The van der Waals surface area contributed by atoms with E-state index in [0.29, 0.717) is 15.7 Å². The highest BCUT2D eigenvalue weighted by atomic mass is 35.5. The van der Waals surface area contributed by atoms with E-state index >= 15 is 0 Å². The Bertz CT molecular complexity index is 748. The van der Waals surface area contributed by atoms with Gasteiger partial charge >= 0.3 is 0 Å². The van der Waals surface area contributed by atoms with Crippen molar-refractivity contribution in [3.05, 3.63) is 63.4 Å². The van der Waals surface area contributed by atoms with E-state index < -0.39 is 0 Å². The third kappa shape index (κ3) is 5.18. The number of carbonyl (C=O) groups is 1. The monoisotopic (exact) mass is 382 g/mol. The summed E-state index contributed by atoms with van der Waals surface area (Å²) in [5.41, 5.74) is 2.18. The van der Waals surface area contributed by atoms with Gasteiger partial charge in [0.15, 0.2) is 0 Å². The van der Waals surface area contributed by atoms with Gasteiger partial charge in [0.25, 0.3) is 0 Å². The quantitative estimate of drug-likeness (QED) is 0.705. The molecule has 0 aliphatic carbocycles. The molecule has 1 amide bonds. The van der Waals surface area contributed by atoms with Gasteiger partial charge in [0, 0.05) is 6.04 Å². The molecule has 6 heteroatoms. The van der Waals surface area contributed by atoms with E-state index in [1.54, 1.807) is 24.3 Å². The minimum Gasteiger partial charge on any atom is -0.322 e. The van der Waals surface area contributed by atoms with Crippen LogP contribution in [0.3, 0.4) is 0 Å². The number of hydrogen-bond donors (Lipinski definition) is 2. The maximum Gasteiger partial charge on any atom is 0.238 e. The zero-order chi connectivity index (χ0) is 18.6. The molecule has 0 unspecified atom stereocenters. The van der Waals surface area contributed by atoms with Gasteiger partial charge in [-0.1, -0.05) is 55.2 Å². The fourth-order valence-corrected chi connectivity index (χ4v) is 3.03. The van der Waals surface area contributed by atoms with Crippen molar-refractivity contribution >= 4 is 34.8 Å². The maximum atomic E-state index is 13.1. The molecule has 0 aliphatic rings. The number of anilines is 1. The molecule has 2 N–H and O–H groups in total. The van der Waals surface area contributed by atoms with Crippen LogP contribution in [0.2, 0.25) is 10.0 Å². The predicted molar refractivity (Wildman–Crippen MR) is 102 cm³/mol. The zero-order valence-corrected chi connectivity index (χ0v) is 15.9. The molecule has 0 saturated heterocycles. The van der Waals surface area contributed by atoms with Crippen LogP contribution in [0.15, 0.2) is 36.4 Å². The van der Waals surface area contributed by atoms with E-state index in [2.05, 4.69) is 10.6 Å². The van der Waals surface area contributed by atoms with Crippen molar-refractivity contribution < 1.29 is 9.18 Å². The standard InChI is InChI=1S/C19H21Cl2FN2O/c1-11(2)18(13-5-7-14(22)8-6-13)23-10-16(25)24-19-15(20)9-4-12(3)17(19)21/h4-9,11,18,23H,10H2,1-3H3,(H,24,25)/t18-/m0/s1. The minimum absolute atomic E-state index is 0.0743. The van der Waals surface area contributed by atoms with Gasteiger partial charge in [0.1, 0.15) is 5.82 Å². The zero-order valence-electron chi connectivity index (χ0n) is 14.4. The number of hydrogen-bond acceptors (Lipinski definition) is 2. The fraction of sp³-hybridized carbons (Fsp3) is 0.316. The summed E-state index contributed by atoms with van der Waals surface area (Å²) in [7, 11) is 0. The third-order valence-corrected chi connectivity index (χ3v) is 4.73. The van der Waals surface area contributed by atoms with E-state index in [1.807, 2.05) is 20.8 Å². The highest BCUT2D eigenvalue weighted by Crippen LogP contribution is 2.32. The van der Waals surface area contributed by atoms with Crippen molar-refractivity contribution in [1.82, 2.24) is 5.32 Å². The van der Waals surface area contributed by atoms with Gasteiger partial charge in [-0.25, -0.2) is 4.39 Å². The van der Waals surface area contributed by atoms with Crippen LogP contribution in [0, 0.1) is 18.7 Å². The second-order valence-corrected chi connectivity index (χ2v) is 7.04. The van der Waals surface area contributed by atoms with Crippen LogP contribution in [0.25, 0.3) is 0 Å². The molecule has 134 valence electrons. The van der Waals surface area contributed by atoms with E-state index in [1.165, 1.54) is 12.1 Å². The first kappa shape index (κ1) is 19.7. The molecule has 0 aliphatic heterocycles. The van der Waals surface area contributed by atoms with E-state index in [9.17, 15) is 9.18 Å². The number of aryl methyl sites for hydroxylation is 1. The minimum atomic E-state index is -0.285. The van der Waals surface area contributed by atoms with Crippen LogP contribution in [0.1, 0.15) is 31.0 Å². The summed E-state index contributed by atoms with van der Waals surface area (Å²) in [5.74, 6) is -0.306. The lowest BCUT2D eigenvalue weighted by molar-refractivity contribution is -0.115. The molecule has 0 fully saturated rings. The van der Waals surface area contributed by atoms with Crippen molar-refractivity contribution in [2.75, 3.05) is 11.9 Å². The average molecular weight is 383 g/mol. The summed E-state index contributed by atoms with van der Waals surface area (Å²) in [4.78, 5) is 12.3. The lowest BCUT2D eigenvalue weighted by Gasteiger charge is -2.23. The molecule has 25 heavy (non-hydrogen) atoms. The summed E-state index contributed by atoms with van der Waals surface area (Å²) in [6.07, 6.45) is 0. The molecular weight excluding hydrogens is 362 g/mol. The van der Waals surface area contributed by atoms with E-state index in [0.717, 1.165) is 11.1 Å². The first-order valence-electron chi connectivity index (χ1n) is 8.03. The molecule has 0 radical (unpaired) electrons. The van der Waals surface area contributed by atoms with Crippen molar-refractivity contribution in [2.24, 2.45) is 5.92 Å². The number of nitrogens with one attached hydrogen (secondary N) is 2. The number of rotatable bonds is 6. The van der Waals surface area contributed by atoms with Crippen LogP contribution in [0.5, 0.6) is 0 Å². The van der Waals surface area contributed by atoms with Gasteiger partial charge in [-0.05, 0) is 42.2 Å². The largest absolute Gasteiger partial charge is 0.322 e. The van der Waals surface area contributed by atoms with E-state index in [4.69, 9.17) is 23.2 Å². The Morgan fingerprint density at radius 2 is 1.76 bits per heavy atom. The lowest BCUT2D eigenvalue weighted by Crippen LogP contribution is -2.33. The third-order valence-electron chi connectivity index (χ3n) is 3.93. The van der Waals surface area contributed by atoms with Crippen molar-refractivity contribution in [3.63, 3.8) is 0 Å². The molecule has 0 aromatic heterocycles. The van der Waals surface area contributed by atoms with Crippen molar-refractivity contribution in [2.45, 2.75) is 26.8 Å². The second kappa shape index (κ2) is 8.65. The molecule has 0 heterocycles. The molecule has 2 aromatic rings. The van der Waals surface area contributed by atoms with Crippen LogP contribution < -0.4 is 10.6 Å². The Kier molecular flexibility index (Phi) is 6.82. The van der Waals surface area contributed by atoms with Crippen LogP contribution in [-0.4, -0.2) is 12.5 Å². The highest BCUT2D eigenvalue weighted by molar-refractivity contribution is 6.40. The number of halogens is 3. The molecule has 2 aromatic carbocycles. The highest BCUT2D eigenvalue weighted by Gasteiger charge is 2.18. The molecule has 0 saturated carbocycles. The SMILES string of the molecule is Cc1ccc(Cl)c(NC(=O)CN[C@H](c2ccc(F)cc2)C(C)C)c1Cl. The Balaban J connectivity index is 2.05. The summed E-state index contributed by atoms with van der Waals surface area (Å²) in [6.45, 7) is 6.00. The predicted octanol–water partition coefficient (Wildman–Crippen LogP) is 5.37. The number of benzene rings is 2. The smallest absolute Gasteiger partial charge is 0.238 e. The van der Waals surface area contributed by atoms with Gasteiger partial charge in [-0.3, -0.25) is 4.79 Å². The first-order valence-corrected chi connectivity index (χ1v) is 8.78. The Hall–Kier alpha value is -1.62. The van der Waals surface area contributed by atoms with Crippen LogP contribution in [-0.2, 0) is 4.79 Å². The topological polar surface area (TPSA) is 41.1 Å². The van der Waals surface area contributed by atoms with Gasteiger partial charge in [0.05, 0.1) is 22.3 Å². The first-order chi connectivity index (χ1) is 11.8. The number of carbonyl (C=O) groups excluding carboxylic acids is 1. The fourth-order valence-electron chi connectivity index (χ4n) is 2.57.